The van der Waals surface area contributed by atoms with Crippen LogP contribution in [0, 0.1) is 12.3 Å². The van der Waals surface area contributed by atoms with Gasteiger partial charge in [-0.1, -0.05) is 20.8 Å². The summed E-state index contributed by atoms with van der Waals surface area (Å²) in [5.74, 6) is 0.826. The van der Waals surface area contributed by atoms with Crippen molar-refractivity contribution in [1.82, 2.24) is 15.3 Å². The molecule has 1 aromatic heterocycles. The normalized spacial score (nSPS) is 14.1. The molecule has 0 fully saturated rings. The van der Waals surface area contributed by atoms with E-state index in [4.69, 9.17) is 0 Å². The molecule has 78 valence electrons. The number of aromatic nitrogens is 2. The standard InChI is InChI=1S/C11H19N3/c1-8-13-7-6-9(14-8)10(12-5)11(2,3)4/h6-7,10,12H,1-5H3. The molecule has 1 aromatic rings. The molecule has 3 heteroatoms. The number of nitrogens with one attached hydrogen (secondary N) is 1. The Labute approximate surface area is 86.0 Å². The summed E-state index contributed by atoms with van der Waals surface area (Å²) in [5, 5.41) is 3.30. The summed E-state index contributed by atoms with van der Waals surface area (Å²) in [6.45, 7) is 8.52. The van der Waals surface area contributed by atoms with Gasteiger partial charge in [-0.25, -0.2) is 9.97 Å². The van der Waals surface area contributed by atoms with Crippen LogP contribution in [0.1, 0.15) is 38.3 Å². The van der Waals surface area contributed by atoms with Crippen LogP contribution in [0.3, 0.4) is 0 Å². The third-order valence-electron chi connectivity index (χ3n) is 2.25. The highest BCUT2D eigenvalue weighted by molar-refractivity contribution is 5.10. The van der Waals surface area contributed by atoms with Crippen LogP contribution in [-0.2, 0) is 0 Å². The van der Waals surface area contributed by atoms with Crippen LogP contribution >= 0.6 is 0 Å². The lowest BCUT2D eigenvalue weighted by Crippen LogP contribution is -2.30. The molecule has 0 aliphatic heterocycles. The van der Waals surface area contributed by atoms with Crippen molar-refractivity contribution in [3.8, 4) is 0 Å². The Morgan fingerprint density at radius 1 is 1.36 bits per heavy atom. The van der Waals surface area contributed by atoms with Crippen molar-refractivity contribution in [2.75, 3.05) is 7.05 Å². The van der Waals surface area contributed by atoms with Gasteiger partial charge in [0.2, 0.25) is 0 Å². The smallest absolute Gasteiger partial charge is 0.125 e. The number of nitrogens with zero attached hydrogens (tertiary/aromatic N) is 2. The van der Waals surface area contributed by atoms with Gasteiger partial charge in [0, 0.05) is 6.20 Å². The Kier molecular flexibility index (Phi) is 3.21. The zero-order chi connectivity index (χ0) is 10.8. The van der Waals surface area contributed by atoms with Crippen LogP contribution < -0.4 is 5.32 Å². The molecule has 1 N–H and O–H groups in total. The Balaban J connectivity index is 3.01. The van der Waals surface area contributed by atoms with Gasteiger partial charge in [-0.15, -0.1) is 0 Å². The largest absolute Gasteiger partial charge is 0.311 e. The first-order chi connectivity index (χ1) is 6.45. The molecule has 14 heavy (non-hydrogen) atoms. The molecule has 0 amide bonds. The molecule has 0 aromatic carbocycles. The molecule has 1 atom stereocenters. The Morgan fingerprint density at radius 3 is 2.43 bits per heavy atom. The highest BCUT2D eigenvalue weighted by Crippen LogP contribution is 2.30. The number of aryl methyl sites for hydroxylation is 1. The van der Waals surface area contributed by atoms with Crippen molar-refractivity contribution in [3.63, 3.8) is 0 Å². The van der Waals surface area contributed by atoms with Crippen LogP contribution in [0.5, 0.6) is 0 Å². The van der Waals surface area contributed by atoms with Gasteiger partial charge in [0.1, 0.15) is 5.82 Å². The maximum absolute atomic E-state index is 4.44. The van der Waals surface area contributed by atoms with Gasteiger partial charge in [-0.3, -0.25) is 0 Å². The van der Waals surface area contributed by atoms with Gasteiger partial charge in [-0.2, -0.15) is 0 Å². The molecule has 0 bridgehead atoms. The van der Waals surface area contributed by atoms with E-state index < -0.39 is 0 Å². The molecule has 1 rings (SSSR count). The second-order valence-corrected chi connectivity index (χ2v) is 4.62. The van der Waals surface area contributed by atoms with E-state index in [0.717, 1.165) is 11.5 Å². The van der Waals surface area contributed by atoms with Gasteiger partial charge in [0.15, 0.2) is 0 Å². The van der Waals surface area contributed by atoms with E-state index in [2.05, 4.69) is 36.1 Å². The summed E-state index contributed by atoms with van der Waals surface area (Å²) in [6, 6.07) is 2.24. The zero-order valence-electron chi connectivity index (χ0n) is 9.63. The third kappa shape index (κ3) is 2.51. The number of rotatable bonds is 2. The third-order valence-corrected chi connectivity index (χ3v) is 2.25. The average Bonchev–Trinajstić information content (AvgIpc) is 2.02. The summed E-state index contributed by atoms with van der Waals surface area (Å²) in [4.78, 5) is 8.54. The fourth-order valence-corrected chi connectivity index (χ4v) is 1.66. The second kappa shape index (κ2) is 4.05. The topological polar surface area (TPSA) is 37.8 Å². The van der Waals surface area contributed by atoms with E-state index in [0.29, 0.717) is 0 Å². The molecule has 0 saturated heterocycles. The minimum atomic E-state index is 0.162. The minimum Gasteiger partial charge on any atom is -0.311 e. The summed E-state index contributed by atoms with van der Waals surface area (Å²) >= 11 is 0. The van der Waals surface area contributed by atoms with Crippen molar-refractivity contribution in [2.45, 2.75) is 33.7 Å². The van der Waals surface area contributed by atoms with Gasteiger partial charge < -0.3 is 5.32 Å². The van der Waals surface area contributed by atoms with E-state index in [9.17, 15) is 0 Å². The molecule has 1 unspecified atom stereocenters. The highest BCUT2D eigenvalue weighted by Gasteiger charge is 2.25. The molecule has 0 radical (unpaired) electrons. The Bertz CT molecular complexity index is 302. The van der Waals surface area contributed by atoms with Crippen molar-refractivity contribution < 1.29 is 0 Å². The van der Waals surface area contributed by atoms with E-state index in [1.807, 2.05) is 26.2 Å². The highest BCUT2D eigenvalue weighted by atomic mass is 15.0. The summed E-state index contributed by atoms with van der Waals surface area (Å²) in [5.41, 5.74) is 1.22. The predicted octanol–water partition coefficient (Wildman–Crippen LogP) is 2.09. The van der Waals surface area contributed by atoms with E-state index in [1.165, 1.54) is 0 Å². The molecule has 0 aliphatic rings. The second-order valence-electron chi connectivity index (χ2n) is 4.62. The fraction of sp³-hybridized carbons (Fsp3) is 0.636. The van der Waals surface area contributed by atoms with Crippen LogP contribution in [0.15, 0.2) is 12.3 Å². The molecule has 1 heterocycles. The summed E-state index contributed by atoms with van der Waals surface area (Å²) in [6.07, 6.45) is 1.81. The van der Waals surface area contributed by atoms with Crippen molar-refractivity contribution in [2.24, 2.45) is 5.41 Å². The fourth-order valence-electron chi connectivity index (χ4n) is 1.66. The van der Waals surface area contributed by atoms with Gasteiger partial charge in [0.25, 0.3) is 0 Å². The lowest BCUT2D eigenvalue weighted by molar-refractivity contribution is 0.281. The first-order valence-electron chi connectivity index (χ1n) is 4.92. The predicted molar refractivity (Wildman–Crippen MR) is 58.0 cm³/mol. The van der Waals surface area contributed by atoms with Crippen molar-refractivity contribution >= 4 is 0 Å². The van der Waals surface area contributed by atoms with Gasteiger partial charge >= 0.3 is 0 Å². The molecule has 0 saturated carbocycles. The first-order valence-corrected chi connectivity index (χ1v) is 4.92. The minimum absolute atomic E-state index is 0.162. The van der Waals surface area contributed by atoms with Crippen molar-refractivity contribution in [1.29, 1.82) is 0 Å². The van der Waals surface area contributed by atoms with Crippen LogP contribution in [0.25, 0.3) is 0 Å². The number of hydrogen-bond donors (Lipinski definition) is 1. The summed E-state index contributed by atoms with van der Waals surface area (Å²) < 4.78 is 0. The maximum atomic E-state index is 4.44. The Hall–Kier alpha value is -0.960. The molecule has 3 nitrogen and oxygen atoms in total. The molecule has 0 aliphatic carbocycles. The van der Waals surface area contributed by atoms with Crippen LogP contribution in [-0.4, -0.2) is 17.0 Å². The van der Waals surface area contributed by atoms with Gasteiger partial charge in [-0.05, 0) is 25.5 Å². The van der Waals surface area contributed by atoms with E-state index in [-0.39, 0.29) is 11.5 Å². The monoisotopic (exact) mass is 193 g/mol. The quantitative estimate of drug-likeness (QED) is 0.781. The summed E-state index contributed by atoms with van der Waals surface area (Å²) in [7, 11) is 1.97. The van der Waals surface area contributed by atoms with Crippen LogP contribution in [0.4, 0.5) is 0 Å². The molecular weight excluding hydrogens is 174 g/mol. The molecule has 0 spiro atoms. The van der Waals surface area contributed by atoms with Gasteiger partial charge in [0.05, 0.1) is 11.7 Å². The number of hydrogen-bond acceptors (Lipinski definition) is 3. The lowest BCUT2D eigenvalue weighted by Gasteiger charge is -2.29. The van der Waals surface area contributed by atoms with Crippen LogP contribution in [0.2, 0.25) is 0 Å². The lowest BCUT2D eigenvalue weighted by atomic mass is 9.85. The maximum Gasteiger partial charge on any atom is 0.125 e. The Morgan fingerprint density at radius 2 is 2.00 bits per heavy atom. The SMILES string of the molecule is CNC(c1ccnc(C)n1)C(C)(C)C. The molecular formula is C11H19N3. The van der Waals surface area contributed by atoms with E-state index >= 15 is 0 Å². The van der Waals surface area contributed by atoms with Crippen molar-refractivity contribution in [3.05, 3.63) is 23.8 Å². The zero-order valence-corrected chi connectivity index (χ0v) is 9.63. The first kappa shape index (κ1) is 11.1. The average molecular weight is 193 g/mol. The van der Waals surface area contributed by atoms with E-state index in [1.54, 1.807) is 0 Å².